The molecule has 2 saturated carbocycles. The molecule has 0 aromatic heterocycles. The fraction of sp³-hybridized carbons (Fsp3) is 0.938. The van der Waals surface area contributed by atoms with Crippen LogP contribution in [0.2, 0.25) is 0 Å². The van der Waals surface area contributed by atoms with Crippen molar-refractivity contribution in [3.63, 3.8) is 0 Å². The maximum atomic E-state index is 12.1. The van der Waals surface area contributed by atoms with Crippen molar-refractivity contribution in [2.24, 2.45) is 5.73 Å². The first kappa shape index (κ1) is 14.8. The Morgan fingerprint density at radius 2 is 1.32 bits per heavy atom. The Kier molecular flexibility index (Phi) is 5.68. The van der Waals surface area contributed by atoms with Crippen molar-refractivity contribution >= 4 is 5.91 Å². The van der Waals surface area contributed by atoms with Gasteiger partial charge in [0.1, 0.15) is 0 Å². The minimum absolute atomic E-state index is 0.112. The maximum Gasteiger partial charge on any atom is 0.237 e. The van der Waals surface area contributed by atoms with Gasteiger partial charge in [-0.15, -0.1) is 0 Å². The summed E-state index contributed by atoms with van der Waals surface area (Å²) >= 11 is 0. The van der Waals surface area contributed by atoms with Gasteiger partial charge in [-0.25, -0.2) is 0 Å². The summed E-state index contributed by atoms with van der Waals surface area (Å²) in [5, 5.41) is 3.70. The molecule has 19 heavy (non-hydrogen) atoms. The van der Waals surface area contributed by atoms with Crippen molar-refractivity contribution < 1.29 is 4.79 Å². The second-order valence-electron chi connectivity index (χ2n) is 6.55. The van der Waals surface area contributed by atoms with Gasteiger partial charge in [-0.3, -0.25) is 4.79 Å². The van der Waals surface area contributed by atoms with Crippen LogP contribution in [0.25, 0.3) is 0 Å². The van der Waals surface area contributed by atoms with Gasteiger partial charge in [0, 0.05) is 6.04 Å². The molecule has 0 heterocycles. The van der Waals surface area contributed by atoms with Crippen molar-refractivity contribution in [3.8, 4) is 0 Å². The van der Waals surface area contributed by atoms with E-state index in [2.05, 4.69) is 5.32 Å². The van der Waals surface area contributed by atoms with Gasteiger partial charge in [0.25, 0.3) is 0 Å². The van der Waals surface area contributed by atoms with Crippen LogP contribution in [0.4, 0.5) is 0 Å². The maximum absolute atomic E-state index is 12.1. The lowest BCUT2D eigenvalue weighted by Gasteiger charge is -2.37. The highest BCUT2D eigenvalue weighted by atomic mass is 16.1. The highest BCUT2D eigenvalue weighted by Crippen LogP contribution is 2.29. The van der Waals surface area contributed by atoms with E-state index in [0.717, 1.165) is 25.7 Å². The van der Waals surface area contributed by atoms with Gasteiger partial charge in [0.05, 0.1) is 5.54 Å². The molecule has 0 bridgehead atoms. The molecular weight excluding hydrogens is 236 g/mol. The number of nitrogens with one attached hydrogen (secondary N) is 1. The number of hydrogen-bond donors (Lipinski definition) is 2. The number of amides is 1. The summed E-state index contributed by atoms with van der Waals surface area (Å²) in [5.74, 6) is -0.112. The van der Waals surface area contributed by atoms with E-state index >= 15 is 0 Å². The molecule has 0 aromatic rings. The third-order valence-electron chi connectivity index (χ3n) is 5.01. The fourth-order valence-electron chi connectivity index (χ4n) is 3.79. The summed E-state index contributed by atoms with van der Waals surface area (Å²) in [4.78, 5) is 12.1. The Morgan fingerprint density at radius 1 is 0.842 bits per heavy atom. The summed E-state index contributed by atoms with van der Waals surface area (Å²) < 4.78 is 0. The van der Waals surface area contributed by atoms with E-state index in [1.54, 1.807) is 0 Å². The van der Waals surface area contributed by atoms with Gasteiger partial charge in [-0.2, -0.15) is 0 Å². The van der Waals surface area contributed by atoms with Gasteiger partial charge in [0.2, 0.25) is 5.91 Å². The summed E-state index contributed by atoms with van der Waals surface area (Å²) in [6.45, 7) is 0. The van der Waals surface area contributed by atoms with Crippen LogP contribution in [0.5, 0.6) is 0 Å². The summed E-state index contributed by atoms with van der Waals surface area (Å²) in [5.41, 5.74) is 5.37. The number of carbonyl (C=O) groups excluding carboxylic acids is 1. The first-order chi connectivity index (χ1) is 9.23. The molecule has 0 saturated heterocycles. The normalized spacial score (nSPS) is 26.1. The van der Waals surface area contributed by atoms with E-state index in [0.29, 0.717) is 6.04 Å². The fourth-order valence-corrected chi connectivity index (χ4v) is 3.79. The molecule has 0 radical (unpaired) electrons. The third-order valence-corrected chi connectivity index (χ3v) is 5.01. The highest BCUT2D eigenvalue weighted by Gasteiger charge is 2.37. The van der Waals surface area contributed by atoms with Gasteiger partial charge in [0.15, 0.2) is 0 Å². The molecule has 3 nitrogen and oxygen atoms in total. The minimum Gasteiger partial charge on any atom is -0.368 e. The van der Waals surface area contributed by atoms with E-state index in [1.165, 1.54) is 57.8 Å². The van der Waals surface area contributed by atoms with Crippen LogP contribution in [0.1, 0.15) is 83.5 Å². The minimum atomic E-state index is -0.407. The lowest BCUT2D eigenvalue weighted by atomic mass is 9.82. The average molecular weight is 266 g/mol. The monoisotopic (exact) mass is 266 g/mol. The van der Waals surface area contributed by atoms with E-state index < -0.39 is 5.54 Å². The summed E-state index contributed by atoms with van der Waals surface area (Å²) in [6, 6.07) is 0.509. The zero-order valence-electron chi connectivity index (χ0n) is 12.3. The topological polar surface area (TPSA) is 55.1 Å². The van der Waals surface area contributed by atoms with Gasteiger partial charge in [-0.1, -0.05) is 57.8 Å². The Hall–Kier alpha value is -0.570. The van der Waals surface area contributed by atoms with E-state index in [9.17, 15) is 4.79 Å². The molecule has 2 aliphatic rings. The molecule has 0 unspecified atom stereocenters. The molecule has 1 amide bonds. The number of carbonyl (C=O) groups is 1. The number of hydrogen-bond acceptors (Lipinski definition) is 2. The van der Waals surface area contributed by atoms with Crippen LogP contribution in [-0.2, 0) is 4.79 Å². The molecule has 2 aliphatic carbocycles. The first-order valence-electron chi connectivity index (χ1n) is 8.31. The van der Waals surface area contributed by atoms with Crippen molar-refractivity contribution in [2.45, 2.75) is 95.1 Å². The van der Waals surface area contributed by atoms with Gasteiger partial charge >= 0.3 is 0 Å². The van der Waals surface area contributed by atoms with Crippen molar-refractivity contribution in [1.82, 2.24) is 5.32 Å². The Bertz CT molecular complexity index is 274. The molecular formula is C16H30N2O. The van der Waals surface area contributed by atoms with E-state index in [4.69, 9.17) is 5.73 Å². The van der Waals surface area contributed by atoms with Crippen LogP contribution >= 0.6 is 0 Å². The quantitative estimate of drug-likeness (QED) is 0.770. The lowest BCUT2D eigenvalue weighted by molar-refractivity contribution is -0.125. The van der Waals surface area contributed by atoms with E-state index in [1.807, 2.05) is 0 Å². The molecule has 0 aliphatic heterocycles. The van der Waals surface area contributed by atoms with Gasteiger partial charge in [-0.05, 0) is 25.7 Å². The molecule has 0 atom stereocenters. The number of rotatable bonds is 3. The summed E-state index contributed by atoms with van der Waals surface area (Å²) in [6.07, 6.45) is 15.7. The molecule has 0 spiro atoms. The third kappa shape index (κ3) is 4.20. The second-order valence-corrected chi connectivity index (χ2v) is 6.55. The molecule has 110 valence electrons. The standard InChI is InChI=1S/C16H30N2O/c17-15(19)16(12-8-4-1-5-9-13-16)18-14-10-6-2-3-7-11-14/h14,18H,1-13H2,(H2,17,19). The molecule has 0 aromatic carbocycles. The van der Waals surface area contributed by atoms with E-state index in [-0.39, 0.29) is 5.91 Å². The number of nitrogens with two attached hydrogens (primary N) is 1. The molecule has 2 rings (SSSR count). The smallest absolute Gasteiger partial charge is 0.237 e. The first-order valence-corrected chi connectivity index (χ1v) is 8.31. The molecule has 2 fully saturated rings. The van der Waals surface area contributed by atoms with Crippen molar-refractivity contribution in [3.05, 3.63) is 0 Å². The Labute approximate surface area is 117 Å². The van der Waals surface area contributed by atoms with Gasteiger partial charge < -0.3 is 11.1 Å². The van der Waals surface area contributed by atoms with Crippen LogP contribution in [0, 0.1) is 0 Å². The average Bonchev–Trinajstić information content (AvgIpc) is 2.61. The summed E-state index contributed by atoms with van der Waals surface area (Å²) in [7, 11) is 0. The van der Waals surface area contributed by atoms with Crippen LogP contribution in [0.15, 0.2) is 0 Å². The zero-order valence-corrected chi connectivity index (χ0v) is 12.3. The lowest BCUT2D eigenvalue weighted by Crippen LogP contribution is -2.58. The molecule has 3 N–H and O–H groups in total. The second kappa shape index (κ2) is 7.28. The van der Waals surface area contributed by atoms with Crippen LogP contribution in [-0.4, -0.2) is 17.5 Å². The number of primary amides is 1. The Morgan fingerprint density at radius 3 is 1.84 bits per heavy atom. The van der Waals surface area contributed by atoms with Crippen LogP contribution in [0.3, 0.4) is 0 Å². The zero-order chi connectivity index (χ0) is 13.6. The Balaban J connectivity index is 2.01. The highest BCUT2D eigenvalue weighted by molar-refractivity contribution is 5.84. The van der Waals surface area contributed by atoms with Crippen molar-refractivity contribution in [2.75, 3.05) is 0 Å². The largest absolute Gasteiger partial charge is 0.368 e. The SMILES string of the molecule is NC(=O)C1(NC2CCCCCC2)CCCCCCC1. The van der Waals surface area contributed by atoms with Crippen molar-refractivity contribution in [1.29, 1.82) is 0 Å². The van der Waals surface area contributed by atoms with Crippen LogP contribution < -0.4 is 11.1 Å². The predicted molar refractivity (Wildman–Crippen MR) is 78.9 cm³/mol. The predicted octanol–water partition coefficient (Wildman–Crippen LogP) is 3.27. The molecule has 3 heteroatoms.